The van der Waals surface area contributed by atoms with Crippen molar-refractivity contribution in [1.82, 2.24) is 16.0 Å². The summed E-state index contributed by atoms with van der Waals surface area (Å²) in [5.41, 5.74) is 0.913. The van der Waals surface area contributed by atoms with Crippen molar-refractivity contribution in [1.29, 1.82) is 0 Å². The van der Waals surface area contributed by atoms with Gasteiger partial charge in [-0.25, -0.2) is 4.39 Å². The highest BCUT2D eigenvalue weighted by molar-refractivity contribution is 5.94. The van der Waals surface area contributed by atoms with Crippen LogP contribution in [0.25, 0.3) is 0 Å². The van der Waals surface area contributed by atoms with Gasteiger partial charge in [0.25, 0.3) is 5.91 Å². The minimum Gasteiger partial charge on any atom is -0.379 e. The minimum absolute atomic E-state index is 0.231. The van der Waals surface area contributed by atoms with Crippen molar-refractivity contribution in [3.63, 3.8) is 0 Å². The molecule has 1 aromatic carbocycles. The molecular weight excluding hydrogens is 321 g/mol. The normalized spacial score (nSPS) is 26.6. The van der Waals surface area contributed by atoms with Crippen molar-refractivity contribution in [2.24, 2.45) is 5.92 Å². The van der Waals surface area contributed by atoms with E-state index in [1.165, 1.54) is 25.3 Å². The summed E-state index contributed by atoms with van der Waals surface area (Å²) in [5, 5.41) is 9.99. The third-order valence-electron chi connectivity index (χ3n) is 5.29. The molecule has 0 radical (unpaired) electrons. The Morgan fingerprint density at radius 2 is 2.24 bits per heavy atom. The van der Waals surface area contributed by atoms with Gasteiger partial charge in [0, 0.05) is 37.3 Å². The van der Waals surface area contributed by atoms with E-state index in [-0.39, 0.29) is 11.7 Å². The molecule has 0 bridgehead atoms. The van der Waals surface area contributed by atoms with Crippen molar-refractivity contribution in [2.45, 2.75) is 38.3 Å². The Kier molecular flexibility index (Phi) is 6.39. The molecule has 1 amide bonds. The number of nitrogens with one attached hydrogen (secondary N) is 3. The highest BCUT2D eigenvalue weighted by Gasteiger charge is 2.34. The maximum Gasteiger partial charge on any atom is 0.251 e. The molecule has 3 rings (SSSR count). The van der Waals surface area contributed by atoms with Crippen LogP contribution in [0.5, 0.6) is 0 Å². The average molecular weight is 349 g/mol. The number of hydrogen-bond donors (Lipinski definition) is 3. The second-order valence-electron chi connectivity index (χ2n) is 7.01. The molecular formula is C19H28FN3O2. The third kappa shape index (κ3) is 4.77. The predicted molar refractivity (Wildman–Crippen MR) is 95.2 cm³/mol. The standard InChI is InChI=1S/C19H28FN3O2/c1-13-5-6-14(11-16(13)20)19(24)23-8-7-21-17-4-2-3-15(17)18-12-25-10-9-22-18/h5-6,11,15,17-18,21-22H,2-4,7-10,12H2,1H3,(H,23,24). The third-order valence-corrected chi connectivity index (χ3v) is 5.29. The van der Waals surface area contributed by atoms with Crippen molar-refractivity contribution >= 4 is 5.91 Å². The number of benzene rings is 1. The highest BCUT2D eigenvalue weighted by Crippen LogP contribution is 2.29. The maximum atomic E-state index is 13.5. The van der Waals surface area contributed by atoms with Crippen LogP contribution < -0.4 is 16.0 Å². The predicted octanol–water partition coefficient (Wildman–Crippen LogP) is 1.61. The van der Waals surface area contributed by atoms with E-state index in [2.05, 4.69) is 16.0 Å². The van der Waals surface area contributed by atoms with Gasteiger partial charge in [-0.2, -0.15) is 0 Å². The molecule has 1 aromatic rings. The minimum atomic E-state index is -0.346. The van der Waals surface area contributed by atoms with Crippen LogP contribution in [0.3, 0.4) is 0 Å². The first kappa shape index (κ1) is 18.3. The summed E-state index contributed by atoms with van der Waals surface area (Å²) in [5.74, 6) is 0.00925. The molecule has 138 valence electrons. The molecule has 0 aromatic heterocycles. The Hall–Kier alpha value is -1.50. The Balaban J connectivity index is 1.41. The fourth-order valence-electron chi connectivity index (χ4n) is 3.85. The number of carbonyl (C=O) groups is 1. The molecule has 5 nitrogen and oxygen atoms in total. The fourth-order valence-corrected chi connectivity index (χ4v) is 3.85. The van der Waals surface area contributed by atoms with E-state index in [4.69, 9.17) is 4.74 Å². The Labute approximate surface area is 148 Å². The number of carbonyl (C=O) groups excluding carboxylic acids is 1. The maximum absolute atomic E-state index is 13.5. The van der Waals surface area contributed by atoms with E-state index in [9.17, 15) is 9.18 Å². The van der Waals surface area contributed by atoms with Crippen LogP contribution in [0.1, 0.15) is 35.2 Å². The summed E-state index contributed by atoms with van der Waals surface area (Å²) in [6.45, 7) is 5.45. The smallest absolute Gasteiger partial charge is 0.251 e. The topological polar surface area (TPSA) is 62.4 Å². The van der Waals surface area contributed by atoms with Gasteiger partial charge in [0.1, 0.15) is 5.82 Å². The lowest BCUT2D eigenvalue weighted by Gasteiger charge is -2.33. The molecule has 2 aliphatic rings. The summed E-state index contributed by atoms with van der Waals surface area (Å²) >= 11 is 0. The SMILES string of the molecule is Cc1ccc(C(=O)NCCNC2CCCC2C2COCCN2)cc1F. The van der Waals surface area contributed by atoms with Crippen LogP contribution in [0.15, 0.2) is 18.2 Å². The van der Waals surface area contributed by atoms with Crippen LogP contribution in [0, 0.1) is 18.7 Å². The lowest BCUT2D eigenvalue weighted by atomic mass is 9.94. The summed E-state index contributed by atoms with van der Waals surface area (Å²) in [7, 11) is 0. The average Bonchev–Trinajstić information content (AvgIpc) is 3.10. The van der Waals surface area contributed by atoms with Gasteiger partial charge in [-0.3, -0.25) is 4.79 Å². The molecule has 3 N–H and O–H groups in total. The lowest BCUT2D eigenvalue weighted by molar-refractivity contribution is 0.0526. The van der Waals surface area contributed by atoms with E-state index in [1.54, 1.807) is 19.1 Å². The Bertz CT molecular complexity index is 590. The van der Waals surface area contributed by atoms with Crippen molar-refractivity contribution in [2.75, 3.05) is 32.8 Å². The second kappa shape index (κ2) is 8.74. The van der Waals surface area contributed by atoms with Crippen LogP contribution >= 0.6 is 0 Å². The molecule has 0 spiro atoms. The summed E-state index contributed by atoms with van der Waals surface area (Å²) < 4.78 is 19.1. The summed E-state index contributed by atoms with van der Waals surface area (Å²) in [6, 6.07) is 5.47. The Morgan fingerprint density at radius 3 is 3.00 bits per heavy atom. The summed E-state index contributed by atoms with van der Waals surface area (Å²) in [4.78, 5) is 12.1. The van der Waals surface area contributed by atoms with Crippen LogP contribution in [0.4, 0.5) is 4.39 Å². The van der Waals surface area contributed by atoms with Crippen LogP contribution in [0.2, 0.25) is 0 Å². The number of aryl methyl sites for hydroxylation is 1. The molecule has 1 saturated carbocycles. The second-order valence-corrected chi connectivity index (χ2v) is 7.01. The molecule has 3 unspecified atom stereocenters. The number of hydrogen-bond acceptors (Lipinski definition) is 4. The van der Waals surface area contributed by atoms with Gasteiger partial charge in [0.2, 0.25) is 0 Å². The number of rotatable bonds is 6. The largest absolute Gasteiger partial charge is 0.379 e. The van der Waals surface area contributed by atoms with Gasteiger partial charge in [-0.15, -0.1) is 0 Å². The van der Waals surface area contributed by atoms with E-state index in [0.29, 0.717) is 35.7 Å². The monoisotopic (exact) mass is 349 g/mol. The molecule has 6 heteroatoms. The molecule has 1 heterocycles. The zero-order chi connectivity index (χ0) is 17.6. The fraction of sp³-hybridized carbons (Fsp3) is 0.632. The molecule has 1 aliphatic heterocycles. The van der Waals surface area contributed by atoms with Crippen molar-refractivity contribution in [3.8, 4) is 0 Å². The number of morpholine rings is 1. The first-order chi connectivity index (χ1) is 12.1. The van der Waals surface area contributed by atoms with Gasteiger partial charge in [0.15, 0.2) is 0 Å². The zero-order valence-electron chi connectivity index (χ0n) is 14.8. The Morgan fingerprint density at radius 1 is 1.36 bits per heavy atom. The molecule has 1 saturated heterocycles. The molecule has 2 fully saturated rings. The van der Waals surface area contributed by atoms with E-state index < -0.39 is 0 Å². The van der Waals surface area contributed by atoms with Crippen molar-refractivity contribution < 1.29 is 13.9 Å². The lowest BCUT2D eigenvalue weighted by Crippen LogP contribution is -2.51. The van der Waals surface area contributed by atoms with Crippen LogP contribution in [-0.2, 0) is 4.74 Å². The van der Waals surface area contributed by atoms with Crippen molar-refractivity contribution in [3.05, 3.63) is 35.1 Å². The van der Waals surface area contributed by atoms with Gasteiger partial charge < -0.3 is 20.7 Å². The summed E-state index contributed by atoms with van der Waals surface area (Å²) in [6.07, 6.45) is 3.61. The van der Waals surface area contributed by atoms with E-state index in [0.717, 1.165) is 26.3 Å². The number of ether oxygens (including phenoxy) is 1. The van der Waals surface area contributed by atoms with E-state index in [1.807, 2.05) is 0 Å². The molecule has 1 aliphatic carbocycles. The van der Waals surface area contributed by atoms with Gasteiger partial charge in [0.05, 0.1) is 13.2 Å². The zero-order valence-corrected chi connectivity index (χ0v) is 14.8. The number of amides is 1. The van der Waals surface area contributed by atoms with Gasteiger partial charge in [-0.1, -0.05) is 12.5 Å². The quantitative estimate of drug-likeness (QED) is 0.683. The molecule has 25 heavy (non-hydrogen) atoms. The molecule has 3 atom stereocenters. The first-order valence-electron chi connectivity index (χ1n) is 9.24. The van der Waals surface area contributed by atoms with Gasteiger partial charge >= 0.3 is 0 Å². The highest BCUT2D eigenvalue weighted by atomic mass is 19.1. The van der Waals surface area contributed by atoms with E-state index >= 15 is 0 Å². The first-order valence-corrected chi connectivity index (χ1v) is 9.24. The number of halogens is 1. The van der Waals surface area contributed by atoms with Crippen LogP contribution in [-0.4, -0.2) is 50.8 Å². The van der Waals surface area contributed by atoms with Gasteiger partial charge in [-0.05, 0) is 43.4 Å².